The van der Waals surface area contributed by atoms with Gasteiger partial charge in [0.2, 0.25) is 5.91 Å². The second kappa shape index (κ2) is 8.88. The maximum atomic E-state index is 13.0. The molecule has 2 aliphatic rings. The Morgan fingerprint density at radius 1 is 1.15 bits per heavy atom. The topological polar surface area (TPSA) is 94.1 Å². The molecular weight excluding hydrogens is 346 g/mol. The Hall–Kier alpha value is -2.58. The molecule has 8 heteroatoms. The van der Waals surface area contributed by atoms with Gasteiger partial charge < -0.3 is 5.32 Å². The lowest BCUT2D eigenvalue weighted by atomic mass is 9.96. The number of imide groups is 2. The summed E-state index contributed by atoms with van der Waals surface area (Å²) in [6.45, 7) is 7.04. The number of para-hydroxylation sites is 1. The van der Waals surface area contributed by atoms with Gasteiger partial charge in [-0.25, -0.2) is 9.69 Å². The molecule has 0 spiro atoms. The number of urea groups is 1. The van der Waals surface area contributed by atoms with Crippen LogP contribution in [-0.2, 0) is 9.59 Å². The zero-order chi connectivity index (χ0) is 19.2. The van der Waals surface area contributed by atoms with Crippen LogP contribution < -0.4 is 15.5 Å². The van der Waals surface area contributed by atoms with Crippen LogP contribution in [0.1, 0.15) is 13.3 Å². The number of piperazine rings is 1. The lowest BCUT2D eigenvalue weighted by Crippen LogP contribution is -2.60. The van der Waals surface area contributed by atoms with Crippen LogP contribution in [0.15, 0.2) is 35.3 Å². The molecule has 0 radical (unpaired) electrons. The van der Waals surface area contributed by atoms with Crippen molar-refractivity contribution in [3.05, 3.63) is 30.3 Å². The van der Waals surface area contributed by atoms with E-state index in [1.165, 1.54) is 0 Å². The van der Waals surface area contributed by atoms with E-state index in [1.807, 2.05) is 6.92 Å². The minimum atomic E-state index is -1.06. The van der Waals surface area contributed by atoms with E-state index in [2.05, 4.69) is 20.5 Å². The van der Waals surface area contributed by atoms with Gasteiger partial charge in [0.25, 0.3) is 5.91 Å². The number of hydrogen-bond donors (Lipinski definition) is 2. The smallest absolute Gasteiger partial charge is 0.314 e. The van der Waals surface area contributed by atoms with Crippen LogP contribution in [0.4, 0.5) is 10.5 Å². The molecule has 2 aliphatic heterocycles. The Kier molecular flexibility index (Phi) is 6.31. The van der Waals surface area contributed by atoms with Crippen molar-refractivity contribution in [1.29, 1.82) is 0 Å². The first kappa shape index (κ1) is 19.2. The summed E-state index contributed by atoms with van der Waals surface area (Å²) in [4.78, 5) is 45.4. The summed E-state index contributed by atoms with van der Waals surface area (Å²) in [5.41, 5.74) is 0.954. The van der Waals surface area contributed by atoms with E-state index in [1.54, 1.807) is 30.3 Å². The van der Waals surface area contributed by atoms with Gasteiger partial charge in [0, 0.05) is 38.4 Å². The summed E-state index contributed by atoms with van der Waals surface area (Å²) in [5, 5.41) is 5.59. The summed E-state index contributed by atoms with van der Waals surface area (Å²) < 4.78 is 0. The van der Waals surface area contributed by atoms with Gasteiger partial charge in [-0.15, -0.1) is 0 Å². The van der Waals surface area contributed by atoms with E-state index in [4.69, 9.17) is 0 Å². The quantitative estimate of drug-likeness (QED) is 0.565. The van der Waals surface area contributed by atoms with E-state index < -0.39 is 23.8 Å². The second-order valence-electron chi connectivity index (χ2n) is 6.55. The zero-order valence-corrected chi connectivity index (χ0v) is 15.5. The molecular formula is C19H25N5O3. The monoisotopic (exact) mass is 371 g/mol. The molecule has 2 saturated heterocycles. The van der Waals surface area contributed by atoms with Crippen molar-refractivity contribution in [2.24, 2.45) is 10.9 Å². The van der Waals surface area contributed by atoms with Crippen LogP contribution in [0.25, 0.3) is 0 Å². The molecule has 1 aromatic carbocycles. The summed E-state index contributed by atoms with van der Waals surface area (Å²) in [6.07, 6.45) is 0.474. The molecule has 2 fully saturated rings. The summed E-state index contributed by atoms with van der Waals surface area (Å²) >= 11 is 0. The number of carbonyl (C=O) groups excluding carboxylic acids is 3. The molecule has 3 rings (SSSR count). The molecule has 1 unspecified atom stereocenters. The zero-order valence-electron chi connectivity index (χ0n) is 15.5. The average molecular weight is 371 g/mol. The average Bonchev–Trinajstić information content (AvgIpc) is 2.68. The summed E-state index contributed by atoms with van der Waals surface area (Å²) in [6, 6.07) is 7.89. The van der Waals surface area contributed by atoms with Crippen LogP contribution in [-0.4, -0.2) is 67.7 Å². The van der Waals surface area contributed by atoms with Crippen molar-refractivity contribution in [3.8, 4) is 0 Å². The Labute approximate surface area is 158 Å². The first-order valence-electron chi connectivity index (χ1n) is 9.32. The molecule has 27 heavy (non-hydrogen) atoms. The van der Waals surface area contributed by atoms with Gasteiger partial charge in [-0.2, -0.15) is 0 Å². The van der Waals surface area contributed by atoms with E-state index >= 15 is 0 Å². The molecule has 0 bridgehead atoms. The van der Waals surface area contributed by atoms with Crippen molar-refractivity contribution < 1.29 is 14.4 Å². The van der Waals surface area contributed by atoms with Crippen molar-refractivity contribution >= 4 is 29.2 Å². The molecule has 1 aromatic rings. The molecule has 2 heterocycles. The van der Waals surface area contributed by atoms with Crippen LogP contribution in [0.2, 0.25) is 0 Å². The third kappa shape index (κ3) is 4.40. The van der Waals surface area contributed by atoms with Crippen LogP contribution >= 0.6 is 0 Å². The highest BCUT2D eigenvalue weighted by molar-refractivity contribution is 6.35. The number of barbiturate groups is 1. The van der Waals surface area contributed by atoms with Gasteiger partial charge >= 0.3 is 6.03 Å². The van der Waals surface area contributed by atoms with Crippen molar-refractivity contribution in [2.45, 2.75) is 13.3 Å². The summed E-state index contributed by atoms with van der Waals surface area (Å²) in [5.74, 6) is -2.20. The standard InChI is InChI=1S/C19H25N5O3/c1-2-15(21-10-13-23-11-8-20-9-12-23)16-17(25)22-19(27)24(18(16)26)14-6-4-3-5-7-14/h3-7,16,20H,2,8-13H2,1H3,(H,22,25,27). The molecule has 4 amide bonds. The summed E-state index contributed by atoms with van der Waals surface area (Å²) in [7, 11) is 0. The minimum absolute atomic E-state index is 0.439. The van der Waals surface area contributed by atoms with Crippen molar-refractivity contribution in [2.75, 3.05) is 44.2 Å². The third-order valence-corrected chi connectivity index (χ3v) is 4.81. The molecule has 144 valence electrons. The number of rotatable bonds is 6. The number of benzene rings is 1. The predicted octanol–water partition coefficient (Wildman–Crippen LogP) is 0.642. The van der Waals surface area contributed by atoms with Gasteiger partial charge in [0.05, 0.1) is 12.2 Å². The molecule has 1 atom stereocenters. The molecule has 0 aliphatic carbocycles. The Morgan fingerprint density at radius 3 is 2.52 bits per heavy atom. The number of carbonyl (C=O) groups is 3. The van der Waals surface area contributed by atoms with Gasteiger partial charge in [-0.3, -0.25) is 24.8 Å². The van der Waals surface area contributed by atoms with E-state index in [0.29, 0.717) is 24.4 Å². The van der Waals surface area contributed by atoms with Gasteiger partial charge in [0.15, 0.2) is 5.92 Å². The fourth-order valence-corrected chi connectivity index (χ4v) is 3.37. The van der Waals surface area contributed by atoms with Gasteiger partial charge in [-0.1, -0.05) is 25.1 Å². The predicted molar refractivity (Wildman–Crippen MR) is 103 cm³/mol. The van der Waals surface area contributed by atoms with Gasteiger partial charge in [0.1, 0.15) is 0 Å². The number of anilines is 1. The minimum Gasteiger partial charge on any atom is -0.314 e. The molecule has 0 aromatic heterocycles. The number of hydrogen-bond acceptors (Lipinski definition) is 6. The normalized spacial score (nSPS) is 22.1. The van der Waals surface area contributed by atoms with Crippen molar-refractivity contribution in [3.63, 3.8) is 0 Å². The number of amides is 4. The van der Waals surface area contributed by atoms with Crippen LogP contribution in [0.3, 0.4) is 0 Å². The first-order valence-corrected chi connectivity index (χ1v) is 9.32. The van der Waals surface area contributed by atoms with Gasteiger partial charge in [-0.05, 0) is 18.6 Å². The Bertz CT molecular complexity index is 728. The van der Waals surface area contributed by atoms with E-state index in [0.717, 1.165) is 37.6 Å². The van der Waals surface area contributed by atoms with E-state index in [9.17, 15) is 14.4 Å². The second-order valence-corrected chi connectivity index (χ2v) is 6.55. The van der Waals surface area contributed by atoms with Crippen molar-refractivity contribution in [1.82, 2.24) is 15.5 Å². The lowest BCUT2D eigenvalue weighted by Gasteiger charge is -2.31. The fraction of sp³-hybridized carbons (Fsp3) is 0.474. The van der Waals surface area contributed by atoms with Crippen LogP contribution in [0, 0.1) is 5.92 Å². The molecule has 8 nitrogen and oxygen atoms in total. The largest absolute Gasteiger partial charge is 0.335 e. The highest BCUT2D eigenvalue weighted by atomic mass is 16.2. The maximum absolute atomic E-state index is 13.0. The number of aliphatic imine (C=N–C) groups is 1. The highest BCUT2D eigenvalue weighted by Crippen LogP contribution is 2.22. The maximum Gasteiger partial charge on any atom is 0.335 e. The Morgan fingerprint density at radius 2 is 1.85 bits per heavy atom. The number of nitrogens with zero attached hydrogens (tertiary/aromatic N) is 3. The fourth-order valence-electron chi connectivity index (χ4n) is 3.37. The molecule has 2 N–H and O–H groups in total. The SMILES string of the molecule is CCC(=NCCN1CCNCC1)C1C(=O)NC(=O)N(c2ccccc2)C1=O. The Balaban J connectivity index is 1.75. The van der Waals surface area contributed by atoms with Crippen LogP contribution in [0.5, 0.6) is 0 Å². The lowest BCUT2D eigenvalue weighted by molar-refractivity contribution is -0.131. The van der Waals surface area contributed by atoms with E-state index in [-0.39, 0.29) is 0 Å². The third-order valence-electron chi connectivity index (χ3n) is 4.81. The molecule has 0 saturated carbocycles. The first-order chi connectivity index (χ1) is 13.1. The number of nitrogens with one attached hydrogen (secondary N) is 2. The highest BCUT2D eigenvalue weighted by Gasteiger charge is 2.43.